The third kappa shape index (κ3) is 12.9. The van der Waals surface area contributed by atoms with Gasteiger partial charge in [-0.3, -0.25) is 9.59 Å². The van der Waals surface area contributed by atoms with Crippen molar-refractivity contribution in [2.45, 2.75) is 52.6 Å². The fraction of sp³-hybridized carbons (Fsp3) is 0.700. The Labute approximate surface area is 191 Å². The van der Waals surface area contributed by atoms with Gasteiger partial charge in [-0.2, -0.15) is 0 Å². The van der Waals surface area contributed by atoms with E-state index < -0.39 is 43.9 Å². The van der Waals surface area contributed by atoms with Gasteiger partial charge in [0, 0.05) is 37.3 Å². The first-order valence-electron chi connectivity index (χ1n) is 10.7. The molecule has 2 atom stereocenters. The predicted molar refractivity (Wildman–Crippen MR) is 125 cm³/mol. The summed E-state index contributed by atoms with van der Waals surface area (Å²) in [7, 11) is -7.40. The average Bonchev–Trinajstić information content (AvgIpc) is 2.59. The van der Waals surface area contributed by atoms with Gasteiger partial charge in [-0.05, 0) is 24.7 Å². The van der Waals surface area contributed by atoms with E-state index in [1.807, 2.05) is 27.7 Å². The summed E-state index contributed by atoms with van der Waals surface area (Å²) in [6, 6.07) is -1.24. The highest BCUT2D eigenvalue weighted by Crippen LogP contribution is 2.08. The van der Waals surface area contributed by atoms with Crippen LogP contribution in [0.1, 0.15) is 40.5 Å². The first-order chi connectivity index (χ1) is 14.8. The number of hydrogen-bond donors (Lipinski definition) is 4. The van der Waals surface area contributed by atoms with Crippen molar-refractivity contribution < 1.29 is 26.4 Å². The molecule has 0 radical (unpaired) electrons. The van der Waals surface area contributed by atoms with E-state index >= 15 is 0 Å². The standard InChI is InChI=1S/C20H36N4O6S2/c1-15(2)11-17-13-31(27,28)21-9-6-8-20(26)24-18(12-16(3)4)14-32(29,30)22-10-5-7-19(25)23-17/h5-8,15-18,21-22H,9-14H2,1-4H3,(H,23,25)(H,24,26)/b7-5+,8-6+/t17-,18-/m0/s1. The molecule has 0 aromatic rings. The molecule has 1 aliphatic heterocycles. The normalized spacial score (nSPS) is 27.7. The molecule has 4 N–H and O–H groups in total. The van der Waals surface area contributed by atoms with Gasteiger partial charge in [0.2, 0.25) is 31.9 Å². The van der Waals surface area contributed by atoms with Crippen molar-refractivity contribution >= 4 is 31.9 Å². The van der Waals surface area contributed by atoms with Crippen LogP contribution in [0.4, 0.5) is 0 Å². The number of hydrogen-bond acceptors (Lipinski definition) is 6. The molecular formula is C20H36N4O6S2. The zero-order chi connectivity index (χ0) is 24.4. The van der Waals surface area contributed by atoms with Crippen LogP contribution in [0.15, 0.2) is 24.3 Å². The van der Waals surface area contributed by atoms with Gasteiger partial charge in [-0.15, -0.1) is 0 Å². The summed E-state index contributed by atoms with van der Waals surface area (Å²) in [5.41, 5.74) is 0. The number of amides is 2. The SMILES string of the molecule is CC(C)C[C@H]1CS(=O)(=O)NC/C=C/C(=O)N[C@@H](CC(C)C)CS(=O)(=O)NC/C=C/C(=O)N1. The molecule has 0 aromatic heterocycles. The smallest absolute Gasteiger partial charge is 0.243 e. The largest absolute Gasteiger partial charge is 0.349 e. The molecule has 1 heterocycles. The van der Waals surface area contributed by atoms with E-state index in [0.29, 0.717) is 12.8 Å². The minimum absolute atomic E-state index is 0.104. The van der Waals surface area contributed by atoms with Crippen LogP contribution >= 0.6 is 0 Å². The van der Waals surface area contributed by atoms with E-state index in [1.54, 1.807) is 0 Å². The average molecular weight is 493 g/mol. The predicted octanol–water partition coefficient (Wildman–Crippen LogP) is 0.0130. The third-order valence-corrected chi connectivity index (χ3v) is 7.32. The maximum atomic E-state index is 12.4. The zero-order valence-electron chi connectivity index (χ0n) is 19.1. The monoisotopic (exact) mass is 492 g/mol. The third-order valence-electron chi connectivity index (χ3n) is 4.43. The minimum atomic E-state index is -3.70. The number of sulfonamides is 2. The fourth-order valence-electron chi connectivity index (χ4n) is 3.30. The van der Waals surface area contributed by atoms with E-state index in [9.17, 15) is 26.4 Å². The van der Waals surface area contributed by atoms with Gasteiger partial charge >= 0.3 is 0 Å². The first kappa shape index (κ1) is 28.3. The van der Waals surface area contributed by atoms with Crippen LogP contribution in [-0.4, -0.2) is 65.3 Å². The van der Waals surface area contributed by atoms with Crippen molar-refractivity contribution in [3.05, 3.63) is 24.3 Å². The number of carbonyl (C=O) groups excluding carboxylic acids is 2. The summed E-state index contributed by atoms with van der Waals surface area (Å²) >= 11 is 0. The van der Waals surface area contributed by atoms with E-state index in [4.69, 9.17) is 0 Å². The van der Waals surface area contributed by atoms with Crippen LogP contribution in [-0.2, 0) is 29.6 Å². The Hall–Kier alpha value is -1.76. The lowest BCUT2D eigenvalue weighted by atomic mass is 10.1. The second kappa shape index (κ2) is 13.1. The highest BCUT2D eigenvalue weighted by molar-refractivity contribution is 7.89. The second-order valence-electron chi connectivity index (χ2n) is 8.73. The first-order valence-corrected chi connectivity index (χ1v) is 14.0. The molecule has 0 aromatic carbocycles. The molecule has 1 rings (SSSR count). The van der Waals surface area contributed by atoms with Crippen LogP contribution in [0.5, 0.6) is 0 Å². The van der Waals surface area contributed by atoms with Gasteiger partial charge in [-0.1, -0.05) is 39.8 Å². The molecule has 0 saturated heterocycles. The van der Waals surface area contributed by atoms with E-state index in [1.165, 1.54) is 24.3 Å². The Morgan fingerprint density at radius 1 is 0.750 bits per heavy atom. The molecule has 32 heavy (non-hydrogen) atoms. The Morgan fingerprint density at radius 3 is 1.41 bits per heavy atom. The van der Waals surface area contributed by atoms with Crippen molar-refractivity contribution in [1.29, 1.82) is 0 Å². The lowest BCUT2D eigenvalue weighted by molar-refractivity contribution is -0.118. The van der Waals surface area contributed by atoms with Crippen molar-refractivity contribution in [2.75, 3.05) is 24.6 Å². The topological polar surface area (TPSA) is 151 Å². The maximum absolute atomic E-state index is 12.4. The molecule has 0 aliphatic carbocycles. The highest BCUT2D eigenvalue weighted by Gasteiger charge is 2.22. The fourth-order valence-corrected chi connectivity index (χ4v) is 5.74. The van der Waals surface area contributed by atoms with Crippen molar-refractivity contribution in [1.82, 2.24) is 20.1 Å². The molecule has 1 aliphatic rings. The van der Waals surface area contributed by atoms with Gasteiger partial charge in [0.05, 0.1) is 11.5 Å². The summed E-state index contributed by atoms with van der Waals surface area (Å²) in [5.74, 6) is -1.34. The lowest BCUT2D eigenvalue weighted by Crippen LogP contribution is -2.44. The van der Waals surface area contributed by atoms with Gasteiger partial charge in [0.1, 0.15) is 0 Å². The summed E-state index contributed by atoms with van der Waals surface area (Å²) in [4.78, 5) is 24.4. The molecule has 0 unspecified atom stereocenters. The summed E-state index contributed by atoms with van der Waals surface area (Å²) in [6.07, 6.45) is 5.96. The zero-order valence-corrected chi connectivity index (χ0v) is 20.8. The summed E-state index contributed by atoms with van der Waals surface area (Å²) in [5, 5.41) is 5.32. The van der Waals surface area contributed by atoms with E-state index in [-0.39, 0.29) is 36.4 Å². The number of rotatable bonds is 4. The minimum Gasteiger partial charge on any atom is -0.349 e. The van der Waals surface area contributed by atoms with Gasteiger partial charge in [0.25, 0.3) is 0 Å². The molecule has 0 bridgehead atoms. The molecular weight excluding hydrogens is 456 g/mol. The Balaban J connectivity index is 3.06. The van der Waals surface area contributed by atoms with Gasteiger partial charge in [-0.25, -0.2) is 26.3 Å². The molecule has 0 saturated carbocycles. The summed E-state index contributed by atoms with van der Waals surface area (Å²) < 4.78 is 54.4. The molecule has 0 fully saturated rings. The number of carbonyl (C=O) groups is 2. The molecule has 2 amide bonds. The highest BCUT2D eigenvalue weighted by atomic mass is 32.2. The second-order valence-corrected chi connectivity index (χ2v) is 12.4. The maximum Gasteiger partial charge on any atom is 0.243 e. The van der Waals surface area contributed by atoms with Crippen LogP contribution in [0.2, 0.25) is 0 Å². The van der Waals surface area contributed by atoms with Crippen LogP contribution in [0.3, 0.4) is 0 Å². The molecule has 12 heteroatoms. The lowest BCUT2D eigenvalue weighted by Gasteiger charge is -2.21. The van der Waals surface area contributed by atoms with Crippen LogP contribution in [0, 0.1) is 11.8 Å². The Morgan fingerprint density at radius 2 is 1.09 bits per heavy atom. The molecule has 184 valence electrons. The van der Waals surface area contributed by atoms with Crippen LogP contribution < -0.4 is 20.1 Å². The van der Waals surface area contributed by atoms with Gasteiger partial charge in [0.15, 0.2) is 0 Å². The molecule has 10 nitrogen and oxygen atoms in total. The van der Waals surface area contributed by atoms with Crippen molar-refractivity contribution in [3.63, 3.8) is 0 Å². The quantitative estimate of drug-likeness (QED) is 0.434. The van der Waals surface area contributed by atoms with Gasteiger partial charge < -0.3 is 10.6 Å². The van der Waals surface area contributed by atoms with Crippen LogP contribution in [0.25, 0.3) is 0 Å². The number of nitrogens with one attached hydrogen (secondary N) is 4. The Bertz CT molecular complexity index is 821. The van der Waals surface area contributed by atoms with Crippen molar-refractivity contribution in [3.8, 4) is 0 Å². The van der Waals surface area contributed by atoms with E-state index in [2.05, 4.69) is 20.1 Å². The van der Waals surface area contributed by atoms with Crippen molar-refractivity contribution in [2.24, 2.45) is 11.8 Å². The molecule has 0 spiro atoms. The van der Waals surface area contributed by atoms with E-state index in [0.717, 1.165) is 0 Å². The Kier molecular flexibility index (Phi) is 11.5. The summed E-state index contributed by atoms with van der Waals surface area (Å²) in [6.45, 7) is 7.44.